The summed E-state index contributed by atoms with van der Waals surface area (Å²) < 4.78 is 11.9. The van der Waals surface area contributed by atoms with Gasteiger partial charge in [-0.2, -0.15) is 0 Å². The van der Waals surface area contributed by atoms with Crippen molar-refractivity contribution in [2.24, 2.45) is 0 Å². The monoisotopic (exact) mass is 354 g/mol. The van der Waals surface area contributed by atoms with Gasteiger partial charge in [0.1, 0.15) is 21.0 Å². The summed E-state index contributed by atoms with van der Waals surface area (Å²) in [6.45, 7) is 10.2. The van der Waals surface area contributed by atoms with Gasteiger partial charge >= 0.3 is 0 Å². The zero-order chi connectivity index (χ0) is 18.1. The highest BCUT2D eigenvalue weighted by Crippen LogP contribution is 2.17. The Hall–Kier alpha value is -1.74. The lowest BCUT2D eigenvalue weighted by molar-refractivity contribution is 0.307. The summed E-state index contributed by atoms with van der Waals surface area (Å²) >= 11 is 0. The quantitative estimate of drug-likeness (QED) is 0.467. The van der Waals surface area contributed by atoms with Crippen molar-refractivity contribution in [3.8, 4) is 11.5 Å². The summed E-state index contributed by atoms with van der Waals surface area (Å²) in [6.07, 6.45) is 4.51. The predicted octanol–water partition coefficient (Wildman–Crippen LogP) is 4.32. The molecule has 0 heterocycles. The Morgan fingerprint density at radius 1 is 0.720 bits per heavy atom. The van der Waals surface area contributed by atoms with Crippen molar-refractivity contribution in [2.75, 3.05) is 13.2 Å². The van der Waals surface area contributed by atoms with Crippen molar-refractivity contribution in [1.29, 1.82) is 0 Å². The molecular weight excluding hydrogens is 324 g/mol. The standard InChI is InChI=1S/C22H30O2Si/c1-5-7-13-23-21-15-19(11-9-17(21)3)25-20-12-10-18(4)22(16-20)24-14-8-6-2/h9-12,15-16H,5-8,13-14H2,1-4H3. The average molecular weight is 355 g/mol. The predicted molar refractivity (Wildman–Crippen MR) is 108 cm³/mol. The maximum atomic E-state index is 5.94. The number of hydrogen-bond donors (Lipinski definition) is 0. The van der Waals surface area contributed by atoms with Gasteiger partial charge in [0.05, 0.1) is 13.2 Å². The van der Waals surface area contributed by atoms with Crippen molar-refractivity contribution >= 4 is 19.9 Å². The van der Waals surface area contributed by atoms with Gasteiger partial charge in [0, 0.05) is 0 Å². The molecule has 0 aliphatic carbocycles. The first kappa shape index (κ1) is 19.6. The molecular formula is C22H30O2Si. The van der Waals surface area contributed by atoms with E-state index < -0.39 is 0 Å². The molecule has 2 nitrogen and oxygen atoms in total. The van der Waals surface area contributed by atoms with Crippen LogP contribution in [0.2, 0.25) is 0 Å². The summed E-state index contributed by atoms with van der Waals surface area (Å²) in [7, 11) is 0.613. The van der Waals surface area contributed by atoms with Gasteiger partial charge in [-0.1, -0.05) is 61.3 Å². The molecule has 0 atom stereocenters. The molecule has 25 heavy (non-hydrogen) atoms. The van der Waals surface area contributed by atoms with Gasteiger partial charge < -0.3 is 9.47 Å². The molecule has 0 bridgehead atoms. The van der Waals surface area contributed by atoms with Crippen LogP contribution in [0.5, 0.6) is 11.5 Å². The molecule has 0 fully saturated rings. The van der Waals surface area contributed by atoms with Crippen molar-refractivity contribution in [1.82, 2.24) is 0 Å². The normalized spacial score (nSPS) is 10.7. The van der Waals surface area contributed by atoms with Crippen LogP contribution in [0.4, 0.5) is 0 Å². The molecule has 2 rings (SSSR count). The van der Waals surface area contributed by atoms with Crippen LogP contribution >= 0.6 is 0 Å². The lowest BCUT2D eigenvalue weighted by Gasteiger charge is -2.12. The Balaban J connectivity index is 2.08. The highest BCUT2D eigenvalue weighted by atomic mass is 28.2. The number of hydrogen-bond acceptors (Lipinski definition) is 2. The molecule has 0 aromatic heterocycles. The van der Waals surface area contributed by atoms with E-state index in [-0.39, 0.29) is 0 Å². The summed E-state index contributed by atoms with van der Waals surface area (Å²) in [5.41, 5.74) is 2.41. The summed E-state index contributed by atoms with van der Waals surface area (Å²) in [4.78, 5) is 0. The summed E-state index contributed by atoms with van der Waals surface area (Å²) in [5, 5.41) is 2.61. The average Bonchev–Trinajstić information content (AvgIpc) is 2.61. The zero-order valence-corrected chi connectivity index (χ0v) is 17.0. The second-order valence-corrected chi connectivity index (χ2v) is 7.89. The Labute approximate surface area is 155 Å². The number of unbranched alkanes of at least 4 members (excludes halogenated alkanes) is 2. The number of benzene rings is 2. The highest BCUT2D eigenvalue weighted by molar-refractivity contribution is 6.67. The molecule has 2 aromatic rings. The fourth-order valence-corrected chi connectivity index (χ4v) is 3.56. The van der Waals surface area contributed by atoms with E-state index in [1.165, 1.54) is 21.5 Å². The number of aryl methyl sites for hydroxylation is 2. The van der Waals surface area contributed by atoms with Crippen LogP contribution < -0.4 is 19.8 Å². The molecule has 134 valence electrons. The van der Waals surface area contributed by atoms with Crippen LogP contribution in [0.1, 0.15) is 50.7 Å². The van der Waals surface area contributed by atoms with E-state index in [2.05, 4.69) is 64.1 Å². The summed E-state index contributed by atoms with van der Waals surface area (Å²) in [5.74, 6) is 2.04. The molecule has 0 aliphatic heterocycles. The van der Waals surface area contributed by atoms with Crippen LogP contribution in [0.15, 0.2) is 36.4 Å². The van der Waals surface area contributed by atoms with E-state index in [4.69, 9.17) is 9.47 Å². The van der Waals surface area contributed by atoms with E-state index in [1.54, 1.807) is 0 Å². The second-order valence-electron chi connectivity index (χ2n) is 6.49. The number of rotatable bonds is 10. The fraction of sp³-hybridized carbons (Fsp3) is 0.455. The van der Waals surface area contributed by atoms with Gasteiger partial charge in [-0.05, 0) is 49.9 Å². The molecule has 0 spiro atoms. The Morgan fingerprint density at radius 2 is 1.16 bits per heavy atom. The smallest absolute Gasteiger partial charge is 0.122 e. The lowest BCUT2D eigenvalue weighted by Crippen LogP contribution is -2.27. The maximum absolute atomic E-state index is 5.94. The molecule has 0 N–H and O–H groups in total. The van der Waals surface area contributed by atoms with E-state index in [0.717, 1.165) is 50.4 Å². The third-order valence-electron chi connectivity index (χ3n) is 4.18. The summed E-state index contributed by atoms with van der Waals surface area (Å²) in [6, 6.07) is 13.1. The molecule has 3 heteroatoms. The first-order valence-corrected chi connectivity index (χ1v) is 10.4. The van der Waals surface area contributed by atoms with Crippen LogP contribution in [0, 0.1) is 13.8 Å². The SMILES string of the molecule is CCCCOc1cc([Si]c2ccc(C)c(OCCCC)c2)ccc1C. The van der Waals surface area contributed by atoms with Gasteiger partial charge in [0.25, 0.3) is 0 Å². The molecule has 2 aromatic carbocycles. The van der Waals surface area contributed by atoms with Gasteiger partial charge in [0.2, 0.25) is 0 Å². The van der Waals surface area contributed by atoms with Gasteiger partial charge in [-0.15, -0.1) is 0 Å². The largest absolute Gasteiger partial charge is 0.493 e. The van der Waals surface area contributed by atoms with Crippen molar-refractivity contribution in [3.63, 3.8) is 0 Å². The van der Waals surface area contributed by atoms with Crippen LogP contribution in [0.25, 0.3) is 0 Å². The van der Waals surface area contributed by atoms with Gasteiger partial charge in [-0.25, -0.2) is 0 Å². The van der Waals surface area contributed by atoms with Crippen molar-refractivity contribution < 1.29 is 9.47 Å². The van der Waals surface area contributed by atoms with Crippen LogP contribution in [-0.2, 0) is 0 Å². The van der Waals surface area contributed by atoms with E-state index in [0.29, 0.717) is 9.52 Å². The maximum Gasteiger partial charge on any atom is 0.122 e. The Bertz CT molecular complexity index is 610. The van der Waals surface area contributed by atoms with E-state index >= 15 is 0 Å². The van der Waals surface area contributed by atoms with Crippen LogP contribution in [0.3, 0.4) is 0 Å². The highest BCUT2D eigenvalue weighted by Gasteiger charge is 2.07. The molecule has 2 radical (unpaired) electrons. The Kier molecular flexibility index (Phi) is 8.06. The van der Waals surface area contributed by atoms with Gasteiger partial charge in [-0.3, -0.25) is 0 Å². The minimum absolute atomic E-state index is 0.613. The van der Waals surface area contributed by atoms with Crippen molar-refractivity contribution in [2.45, 2.75) is 53.4 Å². The molecule has 0 saturated heterocycles. The molecule has 0 unspecified atom stereocenters. The molecule has 0 amide bonds. The Morgan fingerprint density at radius 3 is 1.56 bits per heavy atom. The zero-order valence-electron chi connectivity index (χ0n) is 16.0. The number of ether oxygens (including phenoxy) is 2. The topological polar surface area (TPSA) is 18.5 Å². The van der Waals surface area contributed by atoms with Crippen molar-refractivity contribution in [3.05, 3.63) is 47.5 Å². The van der Waals surface area contributed by atoms with E-state index in [9.17, 15) is 0 Å². The molecule has 0 aliphatic rings. The minimum Gasteiger partial charge on any atom is -0.493 e. The van der Waals surface area contributed by atoms with Crippen LogP contribution in [-0.4, -0.2) is 22.7 Å². The minimum atomic E-state index is 0.613. The van der Waals surface area contributed by atoms with Gasteiger partial charge in [0.15, 0.2) is 0 Å². The molecule has 0 saturated carbocycles. The van der Waals surface area contributed by atoms with E-state index in [1.807, 2.05) is 0 Å². The third-order valence-corrected chi connectivity index (χ3v) is 5.38. The first-order chi connectivity index (χ1) is 12.1. The fourth-order valence-electron chi connectivity index (χ4n) is 2.49. The lowest BCUT2D eigenvalue weighted by atomic mass is 10.2. The first-order valence-electron chi connectivity index (χ1n) is 9.38. The second kappa shape index (κ2) is 10.3. The third kappa shape index (κ3) is 6.24.